The first-order chi connectivity index (χ1) is 7.13. The fraction of sp³-hybridized carbons (Fsp3) is 0.917. The van der Waals surface area contributed by atoms with Crippen molar-refractivity contribution in [1.29, 1.82) is 0 Å². The van der Waals surface area contributed by atoms with Crippen LogP contribution in [0.15, 0.2) is 0 Å². The maximum atomic E-state index is 10.2. The summed E-state index contributed by atoms with van der Waals surface area (Å²) in [4.78, 5) is 10.2. The SMILES string of the molecule is CC(Cl)CCCCCCCCCC(=O)O. The molecule has 0 amide bonds. The lowest BCUT2D eigenvalue weighted by Gasteiger charge is -2.02. The first kappa shape index (κ1) is 14.8. The molecule has 0 fully saturated rings. The Morgan fingerprint density at radius 3 is 2.00 bits per heavy atom. The van der Waals surface area contributed by atoms with Crippen molar-refractivity contribution in [2.24, 2.45) is 0 Å². The average molecular weight is 235 g/mol. The summed E-state index contributed by atoms with van der Waals surface area (Å²) < 4.78 is 0. The van der Waals surface area contributed by atoms with Crippen LogP contribution >= 0.6 is 11.6 Å². The molecular weight excluding hydrogens is 212 g/mol. The standard InChI is InChI=1S/C12H23ClO2/c1-11(13)9-7-5-3-2-4-6-8-10-12(14)15/h11H,2-10H2,1H3,(H,14,15). The normalized spacial score (nSPS) is 12.7. The van der Waals surface area contributed by atoms with Gasteiger partial charge in [0, 0.05) is 11.8 Å². The van der Waals surface area contributed by atoms with Crippen molar-refractivity contribution in [3.8, 4) is 0 Å². The van der Waals surface area contributed by atoms with Crippen molar-refractivity contribution in [2.45, 2.75) is 70.1 Å². The van der Waals surface area contributed by atoms with E-state index >= 15 is 0 Å². The molecule has 0 aromatic rings. The van der Waals surface area contributed by atoms with Crippen molar-refractivity contribution in [1.82, 2.24) is 0 Å². The number of aliphatic carboxylic acids is 1. The van der Waals surface area contributed by atoms with Crippen molar-refractivity contribution >= 4 is 17.6 Å². The van der Waals surface area contributed by atoms with Crippen molar-refractivity contribution in [3.63, 3.8) is 0 Å². The summed E-state index contributed by atoms with van der Waals surface area (Å²) in [6.45, 7) is 2.04. The third-order valence-corrected chi connectivity index (χ3v) is 2.71. The van der Waals surface area contributed by atoms with E-state index in [1.807, 2.05) is 6.92 Å². The summed E-state index contributed by atoms with van der Waals surface area (Å²) in [7, 11) is 0. The van der Waals surface area contributed by atoms with Gasteiger partial charge in [0.25, 0.3) is 0 Å². The van der Waals surface area contributed by atoms with Crippen LogP contribution < -0.4 is 0 Å². The van der Waals surface area contributed by atoms with Gasteiger partial charge in [0.1, 0.15) is 0 Å². The van der Waals surface area contributed by atoms with E-state index in [4.69, 9.17) is 16.7 Å². The van der Waals surface area contributed by atoms with Crippen molar-refractivity contribution in [2.75, 3.05) is 0 Å². The zero-order chi connectivity index (χ0) is 11.5. The van der Waals surface area contributed by atoms with Crippen molar-refractivity contribution < 1.29 is 9.90 Å². The van der Waals surface area contributed by atoms with Gasteiger partial charge >= 0.3 is 5.97 Å². The van der Waals surface area contributed by atoms with Crippen LogP contribution in [-0.2, 0) is 4.79 Å². The highest BCUT2D eigenvalue weighted by Gasteiger charge is 1.97. The first-order valence-corrected chi connectivity index (χ1v) is 6.42. The van der Waals surface area contributed by atoms with Gasteiger partial charge in [0.15, 0.2) is 0 Å². The van der Waals surface area contributed by atoms with E-state index in [9.17, 15) is 4.79 Å². The molecule has 0 heterocycles. The highest BCUT2D eigenvalue weighted by Crippen LogP contribution is 2.12. The Morgan fingerprint density at radius 1 is 1.07 bits per heavy atom. The van der Waals surface area contributed by atoms with Crippen LogP contribution in [-0.4, -0.2) is 16.5 Å². The first-order valence-electron chi connectivity index (χ1n) is 5.99. The van der Waals surface area contributed by atoms with Gasteiger partial charge in [0.2, 0.25) is 0 Å². The molecule has 2 nitrogen and oxygen atoms in total. The van der Waals surface area contributed by atoms with Crippen LogP contribution in [0.5, 0.6) is 0 Å². The molecule has 3 heteroatoms. The Morgan fingerprint density at radius 2 is 1.53 bits per heavy atom. The van der Waals surface area contributed by atoms with E-state index in [0.717, 1.165) is 19.3 Å². The molecule has 0 aliphatic rings. The summed E-state index contributed by atoms with van der Waals surface area (Å²) in [6, 6.07) is 0. The predicted molar refractivity (Wildman–Crippen MR) is 64.5 cm³/mol. The number of carboxylic acids is 1. The third kappa shape index (κ3) is 13.8. The van der Waals surface area contributed by atoms with Gasteiger partial charge in [-0.15, -0.1) is 11.6 Å². The minimum atomic E-state index is -0.675. The smallest absolute Gasteiger partial charge is 0.303 e. The number of carbonyl (C=O) groups is 1. The van der Waals surface area contributed by atoms with E-state index in [1.165, 1.54) is 32.1 Å². The monoisotopic (exact) mass is 234 g/mol. The van der Waals surface area contributed by atoms with E-state index in [2.05, 4.69) is 0 Å². The van der Waals surface area contributed by atoms with Gasteiger partial charge in [-0.3, -0.25) is 4.79 Å². The van der Waals surface area contributed by atoms with E-state index in [0.29, 0.717) is 11.8 Å². The van der Waals surface area contributed by atoms with E-state index in [-0.39, 0.29) is 0 Å². The molecule has 0 radical (unpaired) electrons. The number of carboxylic acid groups (broad SMARTS) is 1. The molecular formula is C12H23ClO2. The molecule has 0 aromatic heterocycles. The number of halogens is 1. The Labute approximate surface area is 98.0 Å². The van der Waals surface area contributed by atoms with Crippen LogP contribution in [0, 0.1) is 0 Å². The highest BCUT2D eigenvalue weighted by atomic mass is 35.5. The predicted octanol–water partition coefficient (Wildman–Crippen LogP) is 4.21. The van der Waals surface area contributed by atoms with E-state index < -0.39 is 5.97 Å². The summed E-state index contributed by atoms with van der Waals surface area (Å²) in [5.41, 5.74) is 0. The highest BCUT2D eigenvalue weighted by molar-refractivity contribution is 6.20. The lowest BCUT2D eigenvalue weighted by molar-refractivity contribution is -0.137. The Balaban J connectivity index is 2.96. The number of hydrogen-bond acceptors (Lipinski definition) is 1. The van der Waals surface area contributed by atoms with Gasteiger partial charge in [-0.05, 0) is 19.8 Å². The number of hydrogen-bond donors (Lipinski definition) is 1. The fourth-order valence-corrected chi connectivity index (χ4v) is 1.74. The van der Waals surface area contributed by atoms with E-state index in [1.54, 1.807) is 0 Å². The molecule has 0 bridgehead atoms. The summed E-state index contributed by atoms with van der Waals surface area (Å²) >= 11 is 5.83. The molecule has 0 aliphatic heterocycles. The molecule has 0 aliphatic carbocycles. The molecule has 0 saturated heterocycles. The number of alkyl halides is 1. The average Bonchev–Trinajstić information content (AvgIpc) is 2.14. The summed E-state index contributed by atoms with van der Waals surface area (Å²) in [6.07, 6.45) is 9.46. The molecule has 0 rings (SSSR count). The van der Waals surface area contributed by atoms with Crippen LogP contribution in [0.2, 0.25) is 0 Å². The molecule has 0 aromatic carbocycles. The summed E-state index contributed by atoms with van der Waals surface area (Å²) in [5.74, 6) is -0.675. The third-order valence-electron chi connectivity index (χ3n) is 2.49. The lowest BCUT2D eigenvalue weighted by atomic mass is 10.1. The van der Waals surface area contributed by atoms with Crippen LogP contribution in [0.3, 0.4) is 0 Å². The zero-order valence-electron chi connectivity index (χ0n) is 9.67. The van der Waals surface area contributed by atoms with Gasteiger partial charge in [-0.25, -0.2) is 0 Å². The Bertz CT molecular complexity index is 158. The number of rotatable bonds is 10. The summed E-state index contributed by atoms with van der Waals surface area (Å²) in [5, 5.41) is 8.73. The molecule has 1 atom stereocenters. The lowest BCUT2D eigenvalue weighted by Crippen LogP contribution is -1.93. The van der Waals surface area contributed by atoms with Crippen LogP contribution in [0.4, 0.5) is 0 Å². The van der Waals surface area contributed by atoms with Gasteiger partial charge in [0.05, 0.1) is 0 Å². The quantitative estimate of drug-likeness (QED) is 0.454. The maximum absolute atomic E-state index is 10.2. The largest absolute Gasteiger partial charge is 0.481 e. The molecule has 0 saturated carbocycles. The second-order valence-corrected chi connectivity index (χ2v) is 4.93. The molecule has 1 N–H and O–H groups in total. The molecule has 15 heavy (non-hydrogen) atoms. The van der Waals surface area contributed by atoms with Gasteiger partial charge < -0.3 is 5.11 Å². The van der Waals surface area contributed by atoms with Crippen LogP contribution in [0.1, 0.15) is 64.7 Å². The second-order valence-electron chi connectivity index (χ2n) is 4.19. The maximum Gasteiger partial charge on any atom is 0.303 e. The molecule has 1 unspecified atom stereocenters. The Kier molecular flexibility index (Phi) is 10.1. The second kappa shape index (κ2) is 10.3. The topological polar surface area (TPSA) is 37.3 Å². The Hall–Kier alpha value is -0.240. The van der Waals surface area contributed by atoms with Gasteiger partial charge in [-0.2, -0.15) is 0 Å². The van der Waals surface area contributed by atoms with Gasteiger partial charge in [-0.1, -0.05) is 38.5 Å². The zero-order valence-corrected chi connectivity index (χ0v) is 10.4. The molecule has 90 valence electrons. The minimum Gasteiger partial charge on any atom is -0.481 e. The molecule has 0 spiro atoms. The van der Waals surface area contributed by atoms with Crippen molar-refractivity contribution in [3.05, 3.63) is 0 Å². The fourth-order valence-electron chi connectivity index (χ4n) is 1.59. The number of unbranched alkanes of at least 4 members (excludes halogenated alkanes) is 6. The van der Waals surface area contributed by atoms with Crippen LogP contribution in [0.25, 0.3) is 0 Å². The minimum absolute atomic E-state index is 0.306.